The second kappa shape index (κ2) is 9.84. The number of aliphatic hydroxyl groups excluding tert-OH is 1. The van der Waals surface area contributed by atoms with Gasteiger partial charge < -0.3 is 19.4 Å². The van der Waals surface area contributed by atoms with Gasteiger partial charge in [-0.15, -0.1) is 0 Å². The number of aromatic nitrogens is 1. The Labute approximate surface area is 209 Å². The summed E-state index contributed by atoms with van der Waals surface area (Å²) in [4.78, 5) is 13.2. The summed E-state index contributed by atoms with van der Waals surface area (Å²) in [7, 11) is 0. The van der Waals surface area contributed by atoms with Gasteiger partial charge in [-0.3, -0.25) is 4.79 Å². The Kier molecular flexibility index (Phi) is 6.44. The van der Waals surface area contributed by atoms with E-state index in [0.29, 0.717) is 28.4 Å². The van der Waals surface area contributed by atoms with Crippen molar-refractivity contribution < 1.29 is 18.8 Å². The quantitative estimate of drug-likeness (QED) is 0.304. The number of furan rings is 1. The molecule has 5 rings (SSSR count). The molecule has 0 radical (unpaired) electrons. The molecule has 6 heteroatoms. The van der Waals surface area contributed by atoms with E-state index in [9.17, 15) is 9.90 Å². The first-order valence-electron chi connectivity index (χ1n) is 11.9. The minimum atomic E-state index is -0.976. The fourth-order valence-electron chi connectivity index (χ4n) is 4.67. The van der Waals surface area contributed by atoms with Gasteiger partial charge in [-0.2, -0.15) is 0 Å². The van der Waals surface area contributed by atoms with E-state index in [4.69, 9.17) is 8.94 Å². The molecule has 0 fully saturated rings. The van der Waals surface area contributed by atoms with Crippen LogP contribution in [0.15, 0.2) is 87.8 Å². The van der Waals surface area contributed by atoms with Crippen molar-refractivity contribution in [1.82, 2.24) is 10.5 Å². The number of fused-ring (bicyclic) bond motifs is 1. The molecule has 0 bridgehead atoms. The monoisotopic (exact) mass is 480 g/mol. The number of nitrogens with one attached hydrogen (secondary N) is 1. The van der Waals surface area contributed by atoms with E-state index in [1.165, 1.54) is 0 Å². The molecule has 2 aromatic heterocycles. The van der Waals surface area contributed by atoms with Crippen LogP contribution in [0.5, 0.6) is 0 Å². The van der Waals surface area contributed by atoms with Gasteiger partial charge in [0.1, 0.15) is 23.2 Å². The number of benzene rings is 3. The first kappa shape index (κ1) is 23.6. The van der Waals surface area contributed by atoms with Crippen molar-refractivity contribution in [3.8, 4) is 0 Å². The van der Waals surface area contributed by atoms with Crippen LogP contribution in [0.25, 0.3) is 11.0 Å². The van der Waals surface area contributed by atoms with Crippen LogP contribution in [0.1, 0.15) is 57.2 Å². The van der Waals surface area contributed by atoms with Gasteiger partial charge >= 0.3 is 0 Å². The van der Waals surface area contributed by atoms with Gasteiger partial charge in [-0.1, -0.05) is 65.8 Å². The van der Waals surface area contributed by atoms with Crippen molar-refractivity contribution in [2.24, 2.45) is 0 Å². The molecule has 3 aromatic carbocycles. The molecule has 0 aliphatic heterocycles. The predicted octanol–water partition coefficient (Wildman–Crippen LogP) is 5.88. The van der Waals surface area contributed by atoms with E-state index >= 15 is 0 Å². The largest absolute Gasteiger partial charge is 0.458 e. The molecular formula is C30H28N2O4. The summed E-state index contributed by atoms with van der Waals surface area (Å²) >= 11 is 0. The second-order valence-electron chi connectivity index (χ2n) is 9.11. The number of carbonyl (C=O) groups is 1. The zero-order chi connectivity index (χ0) is 25.2. The van der Waals surface area contributed by atoms with Crippen LogP contribution in [0, 0.1) is 20.8 Å². The van der Waals surface area contributed by atoms with E-state index < -0.39 is 6.10 Å². The Balaban J connectivity index is 1.37. The summed E-state index contributed by atoms with van der Waals surface area (Å²) in [6.07, 6.45) is -0.755. The van der Waals surface area contributed by atoms with E-state index in [1.54, 1.807) is 19.9 Å². The summed E-state index contributed by atoms with van der Waals surface area (Å²) in [5, 5.41) is 18.8. The van der Waals surface area contributed by atoms with E-state index in [2.05, 4.69) is 29.5 Å². The van der Waals surface area contributed by atoms with E-state index in [1.807, 2.05) is 60.7 Å². The van der Waals surface area contributed by atoms with Crippen LogP contribution in [0.3, 0.4) is 0 Å². The molecule has 2 heterocycles. The maximum Gasteiger partial charge on any atom is 0.225 e. The highest BCUT2D eigenvalue weighted by molar-refractivity contribution is 5.83. The number of amides is 1. The molecule has 1 amide bonds. The Morgan fingerprint density at radius 3 is 2.44 bits per heavy atom. The maximum atomic E-state index is 13.2. The van der Waals surface area contributed by atoms with Crippen molar-refractivity contribution in [2.45, 2.75) is 39.3 Å². The first-order valence-corrected chi connectivity index (χ1v) is 11.9. The van der Waals surface area contributed by atoms with Crippen molar-refractivity contribution >= 4 is 16.9 Å². The summed E-state index contributed by atoms with van der Waals surface area (Å²) in [6, 6.07) is 25.3. The van der Waals surface area contributed by atoms with Crippen LogP contribution in [-0.4, -0.2) is 16.2 Å². The van der Waals surface area contributed by atoms with Gasteiger partial charge in [0.05, 0.1) is 23.7 Å². The number of rotatable bonds is 7. The number of aryl methyl sites for hydroxylation is 3. The predicted molar refractivity (Wildman–Crippen MR) is 138 cm³/mol. The third kappa shape index (κ3) is 4.68. The van der Waals surface area contributed by atoms with Gasteiger partial charge in [0.15, 0.2) is 0 Å². The van der Waals surface area contributed by atoms with Crippen LogP contribution in [0.4, 0.5) is 0 Å². The Bertz CT molecular complexity index is 1500. The first-order chi connectivity index (χ1) is 17.4. The minimum Gasteiger partial charge on any atom is -0.458 e. The summed E-state index contributed by atoms with van der Waals surface area (Å²) in [5.41, 5.74) is 5.95. The number of aliphatic hydroxyl groups is 1. The maximum absolute atomic E-state index is 13.2. The second-order valence-corrected chi connectivity index (χ2v) is 9.11. The van der Waals surface area contributed by atoms with Gasteiger partial charge in [-0.25, -0.2) is 0 Å². The molecule has 6 nitrogen and oxygen atoms in total. The lowest BCUT2D eigenvalue weighted by molar-refractivity contribution is -0.120. The zero-order valence-corrected chi connectivity index (χ0v) is 20.5. The highest BCUT2D eigenvalue weighted by Crippen LogP contribution is 2.32. The SMILES string of the molecule is Cc1ccccc1C(NC(=O)Cc1ccc2oc(C(O)c3c(C)noc3C)cc2c1)c1ccccc1. The van der Waals surface area contributed by atoms with Crippen molar-refractivity contribution in [3.63, 3.8) is 0 Å². The average molecular weight is 481 g/mol. The number of carbonyl (C=O) groups excluding carboxylic acids is 1. The third-order valence-corrected chi connectivity index (χ3v) is 6.53. The van der Waals surface area contributed by atoms with Crippen molar-refractivity contribution in [1.29, 1.82) is 0 Å². The smallest absolute Gasteiger partial charge is 0.225 e. The Hall–Kier alpha value is -4.16. The molecule has 0 spiro atoms. The van der Waals surface area contributed by atoms with Crippen LogP contribution in [-0.2, 0) is 11.2 Å². The minimum absolute atomic E-state index is 0.0778. The molecule has 5 aromatic rings. The molecular weight excluding hydrogens is 452 g/mol. The summed E-state index contributed by atoms with van der Waals surface area (Å²) in [6.45, 7) is 5.60. The lowest BCUT2D eigenvalue weighted by Crippen LogP contribution is -2.31. The van der Waals surface area contributed by atoms with Gasteiger partial charge in [0.25, 0.3) is 0 Å². The number of nitrogens with zero attached hydrogens (tertiary/aromatic N) is 1. The normalized spacial score (nSPS) is 13.0. The van der Waals surface area contributed by atoms with Crippen molar-refractivity contribution in [2.75, 3.05) is 0 Å². The third-order valence-electron chi connectivity index (χ3n) is 6.53. The highest BCUT2D eigenvalue weighted by Gasteiger charge is 2.24. The van der Waals surface area contributed by atoms with E-state index in [-0.39, 0.29) is 18.4 Å². The highest BCUT2D eigenvalue weighted by atomic mass is 16.5. The van der Waals surface area contributed by atoms with Crippen molar-refractivity contribution in [3.05, 3.63) is 124 Å². The standard InChI is InChI=1S/C30H28N2O4/c1-18-9-7-8-12-24(18)29(22-10-5-4-6-11-22)31-27(33)16-21-13-14-25-23(15-21)17-26(35-25)30(34)28-19(2)32-36-20(28)3/h4-15,17,29-30,34H,16H2,1-3H3,(H,31,33). The van der Waals surface area contributed by atoms with Crippen LogP contribution < -0.4 is 5.32 Å². The lowest BCUT2D eigenvalue weighted by atomic mass is 9.94. The Morgan fingerprint density at radius 1 is 0.972 bits per heavy atom. The molecule has 0 saturated heterocycles. The Morgan fingerprint density at radius 2 is 1.72 bits per heavy atom. The van der Waals surface area contributed by atoms with Gasteiger partial charge in [-0.05, 0) is 61.2 Å². The number of hydrogen-bond donors (Lipinski definition) is 2. The van der Waals surface area contributed by atoms with Crippen LogP contribution >= 0.6 is 0 Å². The molecule has 2 atom stereocenters. The summed E-state index contributed by atoms with van der Waals surface area (Å²) in [5.74, 6) is 0.884. The average Bonchev–Trinajstić information content (AvgIpc) is 3.45. The molecule has 2 unspecified atom stereocenters. The lowest BCUT2D eigenvalue weighted by Gasteiger charge is -2.22. The molecule has 0 aliphatic rings. The summed E-state index contributed by atoms with van der Waals surface area (Å²) < 4.78 is 11.1. The molecule has 0 aliphatic carbocycles. The topological polar surface area (TPSA) is 88.5 Å². The molecule has 182 valence electrons. The fraction of sp³-hybridized carbons (Fsp3) is 0.200. The molecule has 36 heavy (non-hydrogen) atoms. The number of hydrogen-bond acceptors (Lipinski definition) is 5. The van der Waals surface area contributed by atoms with Crippen LogP contribution in [0.2, 0.25) is 0 Å². The zero-order valence-electron chi connectivity index (χ0n) is 20.5. The molecule has 0 saturated carbocycles. The van der Waals surface area contributed by atoms with E-state index in [0.717, 1.165) is 27.6 Å². The van der Waals surface area contributed by atoms with Gasteiger partial charge in [0.2, 0.25) is 5.91 Å². The fourth-order valence-corrected chi connectivity index (χ4v) is 4.67. The molecule has 2 N–H and O–H groups in total. The van der Waals surface area contributed by atoms with Gasteiger partial charge in [0, 0.05) is 5.39 Å².